The van der Waals surface area contributed by atoms with Crippen LogP contribution in [0.3, 0.4) is 0 Å². The van der Waals surface area contributed by atoms with Crippen molar-refractivity contribution in [3.05, 3.63) is 187 Å². The minimum absolute atomic E-state index is 0.0135. The number of furan rings is 1. The summed E-state index contributed by atoms with van der Waals surface area (Å²) in [5.41, 5.74) is 17.9. The molecule has 0 spiro atoms. The van der Waals surface area contributed by atoms with Gasteiger partial charge in [-0.05, 0) is 132 Å². The number of hydrogen-bond donors (Lipinski definition) is 0. The zero-order valence-electron chi connectivity index (χ0n) is 32.6. The van der Waals surface area contributed by atoms with E-state index >= 15 is 0 Å². The fraction of sp³-hybridized carbons (Fsp3) is 0.0909. The van der Waals surface area contributed by atoms with Crippen molar-refractivity contribution >= 4 is 60.5 Å². The number of para-hydroxylation sites is 1. The minimum atomic E-state index is -0.0135. The van der Waals surface area contributed by atoms with Crippen molar-refractivity contribution in [2.75, 3.05) is 4.90 Å². The molecule has 0 saturated heterocycles. The van der Waals surface area contributed by atoms with Gasteiger partial charge in [-0.25, -0.2) is 0 Å². The molecule has 1 aliphatic rings. The van der Waals surface area contributed by atoms with Crippen molar-refractivity contribution in [2.24, 2.45) is 0 Å². The first-order valence-electron chi connectivity index (χ1n) is 19.9. The summed E-state index contributed by atoms with van der Waals surface area (Å²) in [4.78, 5) is 2.42. The zero-order valence-corrected chi connectivity index (χ0v) is 32.6. The van der Waals surface area contributed by atoms with E-state index in [2.05, 4.69) is 202 Å². The van der Waals surface area contributed by atoms with Gasteiger partial charge in [0.1, 0.15) is 5.58 Å². The number of anilines is 3. The maximum atomic E-state index is 6.75. The van der Waals surface area contributed by atoms with E-state index in [1.807, 2.05) is 6.07 Å². The Morgan fingerprint density at radius 2 is 1.02 bits per heavy atom. The van der Waals surface area contributed by atoms with Gasteiger partial charge in [-0.3, -0.25) is 0 Å². The normalized spacial score (nSPS) is 12.2. The summed E-state index contributed by atoms with van der Waals surface area (Å²) in [6.45, 7) is 9.04. The van der Waals surface area contributed by atoms with Gasteiger partial charge in [0.15, 0.2) is 5.58 Å². The van der Waals surface area contributed by atoms with Gasteiger partial charge < -0.3 is 9.32 Å². The Morgan fingerprint density at radius 1 is 0.439 bits per heavy atom. The number of aryl methyl sites for hydroxylation is 1. The first-order chi connectivity index (χ1) is 27.8. The van der Waals surface area contributed by atoms with Gasteiger partial charge in [-0.15, -0.1) is 0 Å². The first kappa shape index (κ1) is 33.4. The lowest BCUT2D eigenvalue weighted by Gasteiger charge is -2.33. The maximum Gasteiger partial charge on any atom is 0.159 e. The first-order valence-corrected chi connectivity index (χ1v) is 19.9. The smallest absolute Gasteiger partial charge is 0.159 e. The Bertz CT molecular complexity index is 3220. The predicted molar refractivity (Wildman–Crippen MR) is 242 cm³/mol. The summed E-state index contributed by atoms with van der Waals surface area (Å²) in [7, 11) is 0. The van der Waals surface area contributed by atoms with Gasteiger partial charge in [0, 0.05) is 22.1 Å². The van der Waals surface area contributed by atoms with Gasteiger partial charge in [0.05, 0.1) is 5.69 Å². The molecule has 57 heavy (non-hydrogen) atoms. The van der Waals surface area contributed by atoms with Gasteiger partial charge in [-0.1, -0.05) is 154 Å². The SMILES string of the molecule is Cc1ccc2c(oc3ccccc32)c1N(c1cccc(C(C)(C)C)c1)c1ccc2cc3c(cc2c1)-c1c-3c(-c2ccccc2)c2ccccc2c1-c1ccccc1. The maximum absolute atomic E-state index is 6.75. The molecule has 9 aromatic carbocycles. The third-order valence-electron chi connectivity index (χ3n) is 12.0. The highest BCUT2D eigenvalue weighted by Crippen LogP contribution is 2.60. The molecule has 0 atom stereocenters. The van der Waals surface area contributed by atoms with Crippen molar-refractivity contribution in [3.63, 3.8) is 0 Å². The number of fused-ring (bicyclic) bond motifs is 9. The van der Waals surface area contributed by atoms with Gasteiger partial charge >= 0.3 is 0 Å². The summed E-state index contributed by atoms with van der Waals surface area (Å²) < 4.78 is 6.75. The second-order valence-electron chi connectivity index (χ2n) is 16.5. The molecule has 1 aromatic heterocycles. The molecule has 0 amide bonds. The molecule has 11 rings (SSSR count). The largest absolute Gasteiger partial charge is 0.454 e. The summed E-state index contributed by atoms with van der Waals surface area (Å²) in [6.07, 6.45) is 0. The lowest BCUT2D eigenvalue weighted by atomic mass is 9.70. The zero-order chi connectivity index (χ0) is 38.4. The summed E-state index contributed by atoms with van der Waals surface area (Å²) >= 11 is 0. The molecule has 0 aliphatic heterocycles. The topological polar surface area (TPSA) is 16.4 Å². The highest BCUT2D eigenvalue weighted by Gasteiger charge is 2.33. The van der Waals surface area contributed by atoms with Crippen LogP contribution in [0.4, 0.5) is 17.1 Å². The van der Waals surface area contributed by atoms with Crippen LogP contribution in [-0.4, -0.2) is 0 Å². The van der Waals surface area contributed by atoms with Crippen LogP contribution in [0.2, 0.25) is 0 Å². The van der Waals surface area contributed by atoms with Crippen LogP contribution >= 0.6 is 0 Å². The highest BCUT2D eigenvalue weighted by molar-refractivity contribution is 6.26. The highest BCUT2D eigenvalue weighted by atomic mass is 16.3. The van der Waals surface area contributed by atoms with Crippen molar-refractivity contribution in [3.8, 4) is 44.5 Å². The van der Waals surface area contributed by atoms with Crippen molar-refractivity contribution in [1.82, 2.24) is 0 Å². The fourth-order valence-corrected chi connectivity index (χ4v) is 9.23. The molecule has 1 heterocycles. The molecule has 0 N–H and O–H groups in total. The fourth-order valence-electron chi connectivity index (χ4n) is 9.23. The van der Waals surface area contributed by atoms with Crippen LogP contribution in [0.1, 0.15) is 31.9 Å². The Kier molecular flexibility index (Phi) is 7.37. The standard InChI is InChI=1S/C55H41NO/c1-34-26-29-45-42-22-13-14-25-48(42)57-54(45)53(34)56(40-21-15-20-39(33-40)55(2,3)4)41-28-27-37-31-46-47(32-38(37)30-41)52-50(36-18-9-6-10-19-36)44-24-12-11-23-43(44)49(51(46)52)35-16-7-5-8-17-35/h5-33H,1-4H3. The third kappa shape index (κ3) is 5.17. The quantitative estimate of drug-likeness (QED) is 0.175. The Labute approximate surface area is 333 Å². The van der Waals surface area contributed by atoms with Crippen LogP contribution in [-0.2, 0) is 5.41 Å². The van der Waals surface area contributed by atoms with Crippen LogP contribution in [0.5, 0.6) is 0 Å². The molecule has 0 radical (unpaired) electrons. The van der Waals surface area contributed by atoms with E-state index in [0.717, 1.165) is 44.6 Å². The summed E-state index contributed by atoms with van der Waals surface area (Å²) in [5, 5.41) is 7.24. The van der Waals surface area contributed by atoms with E-state index in [1.54, 1.807) is 0 Å². The Hall–Kier alpha value is -6.90. The summed E-state index contributed by atoms with van der Waals surface area (Å²) in [5.74, 6) is 0. The molecule has 0 bridgehead atoms. The lowest BCUT2D eigenvalue weighted by molar-refractivity contribution is 0.590. The van der Waals surface area contributed by atoms with Crippen molar-refractivity contribution in [1.29, 1.82) is 0 Å². The molecule has 272 valence electrons. The van der Waals surface area contributed by atoms with E-state index in [-0.39, 0.29) is 5.41 Å². The molecule has 2 nitrogen and oxygen atoms in total. The molecule has 0 unspecified atom stereocenters. The molecule has 1 aliphatic carbocycles. The van der Waals surface area contributed by atoms with E-state index < -0.39 is 0 Å². The number of nitrogens with zero attached hydrogens (tertiary/aromatic N) is 1. The average molecular weight is 732 g/mol. The van der Waals surface area contributed by atoms with Crippen molar-refractivity contribution in [2.45, 2.75) is 33.1 Å². The number of benzene rings is 9. The molecule has 0 saturated carbocycles. The predicted octanol–water partition coefficient (Wildman–Crippen LogP) is 15.9. The van der Waals surface area contributed by atoms with Crippen LogP contribution in [0, 0.1) is 6.92 Å². The van der Waals surface area contributed by atoms with Gasteiger partial charge in [0.25, 0.3) is 0 Å². The molecule has 2 heteroatoms. The Balaban J connectivity index is 1.17. The van der Waals surface area contributed by atoms with Crippen LogP contribution in [0.15, 0.2) is 180 Å². The molecule has 0 fully saturated rings. The molecule has 10 aromatic rings. The Morgan fingerprint density at radius 3 is 1.67 bits per heavy atom. The van der Waals surface area contributed by atoms with E-state index in [1.165, 1.54) is 71.6 Å². The van der Waals surface area contributed by atoms with E-state index in [9.17, 15) is 0 Å². The minimum Gasteiger partial charge on any atom is -0.454 e. The molecular formula is C55H41NO. The average Bonchev–Trinajstić information content (AvgIpc) is 3.62. The number of hydrogen-bond acceptors (Lipinski definition) is 2. The lowest BCUT2D eigenvalue weighted by Crippen LogP contribution is -2.15. The van der Waals surface area contributed by atoms with E-state index in [4.69, 9.17) is 4.42 Å². The monoisotopic (exact) mass is 731 g/mol. The van der Waals surface area contributed by atoms with Crippen LogP contribution < -0.4 is 4.90 Å². The van der Waals surface area contributed by atoms with Gasteiger partial charge in [-0.2, -0.15) is 0 Å². The molecular weight excluding hydrogens is 691 g/mol. The second kappa shape index (κ2) is 12.6. The third-order valence-corrected chi connectivity index (χ3v) is 12.0. The van der Waals surface area contributed by atoms with Gasteiger partial charge in [0.2, 0.25) is 0 Å². The van der Waals surface area contributed by atoms with Crippen molar-refractivity contribution < 1.29 is 4.42 Å². The number of rotatable bonds is 5. The van der Waals surface area contributed by atoms with E-state index in [0.29, 0.717) is 0 Å². The second-order valence-corrected chi connectivity index (χ2v) is 16.5. The van der Waals surface area contributed by atoms with Crippen LogP contribution in [0.25, 0.3) is 88.0 Å². The summed E-state index contributed by atoms with van der Waals surface area (Å²) in [6, 6.07) is 64.4.